The molecule has 0 saturated heterocycles. The molecule has 7 aromatic rings. The Morgan fingerprint density at radius 3 is 1.93 bits per heavy atom. The Labute approximate surface area is 339 Å². The molecule has 0 N–H and O–H groups in total. The highest BCUT2D eigenvalue weighted by atomic mass is 15.1. The maximum atomic E-state index is 2.53. The van der Waals surface area contributed by atoms with Crippen molar-refractivity contribution in [3.63, 3.8) is 0 Å². The van der Waals surface area contributed by atoms with Crippen molar-refractivity contribution in [1.82, 2.24) is 0 Å². The van der Waals surface area contributed by atoms with Crippen molar-refractivity contribution in [3.8, 4) is 33.4 Å². The Bertz CT molecular complexity index is 2600. The van der Waals surface area contributed by atoms with Crippen LogP contribution in [0.5, 0.6) is 0 Å². The number of benzene rings is 7. The first kappa shape index (κ1) is 34.8. The summed E-state index contributed by atoms with van der Waals surface area (Å²) in [5, 5.41) is 2.55. The van der Waals surface area contributed by atoms with Crippen LogP contribution in [0.25, 0.3) is 44.2 Å². The van der Waals surface area contributed by atoms with Crippen LogP contribution in [-0.2, 0) is 5.41 Å². The van der Waals surface area contributed by atoms with E-state index < -0.39 is 0 Å². The molecule has 0 amide bonds. The van der Waals surface area contributed by atoms with Crippen molar-refractivity contribution in [3.05, 3.63) is 174 Å². The molecule has 11 rings (SSSR count). The van der Waals surface area contributed by atoms with Gasteiger partial charge in [-0.3, -0.25) is 0 Å². The van der Waals surface area contributed by atoms with Crippen molar-refractivity contribution >= 4 is 27.8 Å². The average molecular weight is 740 g/mol. The van der Waals surface area contributed by atoms with E-state index in [-0.39, 0.29) is 5.41 Å². The number of fused-ring (bicyclic) bond motifs is 6. The maximum Gasteiger partial charge on any atom is 0.0471 e. The van der Waals surface area contributed by atoms with E-state index in [1.54, 1.807) is 0 Å². The van der Waals surface area contributed by atoms with Crippen LogP contribution in [0.2, 0.25) is 0 Å². The Balaban J connectivity index is 1.07. The summed E-state index contributed by atoms with van der Waals surface area (Å²) in [5.74, 6) is 3.18. The lowest BCUT2D eigenvalue weighted by Gasteiger charge is -2.30. The first-order chi connectivity index (χ1) is 28.0. The fourth-order valence-electron chi connectivity index (χ4n) is 11.8. The van der Waals surface area contributed by atoms with E-state index in [2.05, 4.69) is 170 Å². The molecule has 3 unspecified atom stereocenters. The molecule has 0 radical (unpaired) electrons. The summed E-state index contributed by atoms with van der Waals surface area (Å²) in [6, 6.07) is 58.3. The molecule has 2 bridgehead atoms. The van der Waals surface area contributed by atoms with Gasteiger partial charge in [0.25, 0.3) is 0 Å². The van der Waals surface area contributed by atoms with Crippen LogP contribution in [0.15, 0.2) is 152 Å². The van der Waals surface area contributed by atoms with Crippen molar-refractivity contribution < 1.29 is 0 Å². The summed E-state index contributed by atoms with van der Waals surface area (Å²) in [4.78, 5) is 2.53. The molecule has 0 aliphatic heterocycles. The van der Waals surface area contributed by atoms with E-state index in [1.165, 1.54) is 141 Å². The molecule has 4 aliphatic carbocycles. The monoisotopic (exact) mass is 739 g/mol. The van der Waals surface area contributed by atoms with Gasteiger partial charge in [-0.05, 0) is 165 Å². The standard InChI is InChI=1S/C56H53N/c1-56(2)53-19-11-10-18-50(53)55-52(44-23-22-38-12-6-7-15-42(38)34-44)35-47(36-54(55)56)57(46-30-26-41(27-31-46)51-33-37-20-21-43(51)32-37)45-28-24-40(25-29-45)49-17-9-8-16-48(49)39-13-4-3-5-14-39/h6-12,15-19,22-31,34-37,39,43,51H,3-5,13-14,20-21,32-33H2,1-2H3. The third-order valence-corrected chi connectivity index (χ3v) is 14.7. The van der Waals surface area contributed by atoms with E-state index >= 15 is 0 Å². The zero-order valence-corrected chi connectivity index (χ0v) is 33.6. The normalized spacial score (nSPS) is 20.8. The zero-order chi connectivity index (χ0) is 38.1. The lowest BCUT2D eigenvalue weighted by molar-refractivity contribution is 0.420. The van der Waals surface area contributed by atoms with E-state index in [1.807, 2.05) is 0 Å². The molecule has 4 aliphatic rings. The van der Waals surface area contributed by atoms with Crippen molar-refractivity contribution in [1.29, 1.82) is 0 Å². The van der Waals surface area contributed by atoms with Crippen LogP contribution >= 0.6 is 0 Å². The van der Waals surface area contributed by atoms with Gasteiger partial charge in [-0.1, -0.05) is 149 Å². The number of rotatable bonds is 7. The van der Waals surface area contributed by atoms with Crippen molar-refractivity contribution in [2.75, 3.05) is 4.90 Å². The second-order valence-electron chi connectivity index (χ2n) is 18.3. The van der Waals surface area contributed by atoms with Gasteiger partial charge in [0, 0.05) is 22.5 Å². The molecule has 0 spiro atoms. The van der Waals surface area contributed by atoms with Gasteiger partial charge in [0.05, 0.1) is 0 Å². The van der Waals surface area contributed by atoms with Crippen LogP contribution in [0.4, 0.5) is 17.1 Å². The van der Waals surface area contributed by atoms with Crippen molar-refractivity contribution in [2.24, 2.45) is 11.8 Å². The third kappa shape index (κ3) is 5.96. The number of hydrogen-bond acceptors (Lipinski definition) is 1. The summed E-state index contributed by atoms with van der Waals surface area (Å²) in [6.45, 7) is 4.83. The fraction of sp³-hybridized carbons (Fsp3) is 0.286. The van der Waals surface area contributed by atoms with Crippen LogP contribution in [0, 0.1) is 11.8 Å². The van der Waals surface area contributed by atoms with E-state index in [0.717, 1.165) is 11.8 Å². The Morgan fingerprint density at radius 1 is 0.491 bits per heavy atom. The lowest BCUT2D eigenvalue weighted by atomic mass is 9.81. The first-order valence-electron chi connectivity index (χ1n) is 21.9. The predicted octanol–water partition coefficient (Wildman–Crippen LogP) is 15.9. The smallest absolute Gasteiger partial charge is 0.0471 e. The minimum Gasteiger partial charge on any atom is -0.310 e. The molecule has 3 atom stereocenters. The highest BCUT2D eigenvalue weighted by molar-refractivity contribution is 5.98. The molecule has 7 aromatic carbocycles. The molecule has 57 heavy (non-hydrogen) atoms. The number of nitrogens with zero attached hydrogens (tertiary/aromatic N) is 1. The van der Waals surface area contributed by atoms with Gasteiger partial charge in [-0.15, -0.1) is 0 Å². The number of hydrogen-bond donors (Lipinski definition) is 0. The molecule has 3 saturated carbocycles. The molecular weight excluding hydrogens is 687 g/mol. The molecule has 282 valence electrons. The van der Waals surface area contributed by atoms with Gasteiger partial charge >= 0.3 is 0 Å². The zero-order valence-electron chi connectivity index (χ0n) is 33.6. The van der Waals surface area contributed by atoms with Gasteiger partial charge in [0.15, 0.2) is 0 Å². The quantitative estimate of drug-likeness (QED) is 0.157. The molecule has 0 heterocycles. The predicted molar refractivity (Wildman–Crippen MR) is 241 cm³/mol. The summed E-state index contributed by atoms with van der Waals surface area (Å²) in [6.07, 6.45) is 12.3. The summed E-state index contributed by atoms with van der Waals surface area (Å²) >= 11 is 0. The largest absolute Gasteiger partial charge is 0.310 e. The Kier molecular flexibility index (Phi) is 8.50. The lowest BCUT2D eigenvalue weighted by Crippen LogP contribution is -2.17. The van der Waals surface area contributed by atoms with Crippen LogP contribution in [0.1, 0.15) is 106 Å². The van der Waals surface area contributed by atoms with Gasteiger partial charge < -0.3 is 4.90 Å². The SMILES string of the molecule is CC1(C)c2ccccc2-c2c(-c3ccc4ccccc4c3)cc(N(c3ccc(-c4ccccc4C4CCCCC4)cc3)c3ccc(C4CC5CCC4C5)cc3)cc21. The van der Waals surface area contributed by atoms with Gasteiger partial charge in [0.2, 0.25) is 0 Å². The van der Waals surface area contributed by atoms with E-state index in [9.17, 15) is 0 Å². The van der Waals surface area contributed by atoms with Gasteiger partial charge in [-0.2, -0.15) is 0 Å². The second-order valence-corrected chi connectivity index (χ2v) is 18.3. The molecule has 1 nitrogen and oxygen atoms in total. The molecule has 1 heteroatoms. The Morgan fingerprint density at radius 2 is 1.18 bits per heavy atom. The highest BCUT2D eigenvalue weighted by Crippen LogP contribution is 2.56. The van der Waals surface area contributed by atoms with Gasteiger partial charge in [-0.25, -0.2) is 0 Å². The third-order valence-electron chi connectivity index (χ3n) is 14.7. The minimum atomic E-state index is -0.141. The maximum absolute atomic E-state index is 2.53. The van der Waals surface area contributed by atoms with E-state index in [4.69, 9.17) is 0 Å². The average Bonchev–Trinajstić information content (AvgIpc) is 3.97. The van der Waals surface area contributed by atoms with E-state index in [0.29, 0.717) is 11.8 Å². The van der Waals surface area contributed by atoms with Crippen LogP contribution in [0.3, 0.4) is 0 Å². The summed E-state index contributed by atoms with van der Waals surface area (Å²) in [5.41, 5.74) is 17.3. The number of anilines is 3. The first-order valence-corrected chi connectivity index (χ1v) is 21.9. The Hall–Kier alpha value is -5.40. The second kappa shape index (κ2) is 13.9. The molecular formula is C56H53N. The topological polar surface area (TPSA) is 3.24 Å². The van der Waals surface area contributed by atoms with Crippen LogP contribution in [-0.4, -0.2) is 0 Å². The minimum absolute atomic E-state index is 0.141. The molecule has 3 fully saturated rings. The summed E-state index contributed by atoms with van der Waals surface area (Å²) < 4.78 is 0. The molecule has 0 aromatic heterocycles. The fourth-order valence-corrected chi connectivity index (χ4v) is 11.8. The summed E-state index contributed by atoms with van der Waals surface area (Å²) in [7, 11) is 0. The van der Waals surface area contributed by atoms with Gasteiger partial charge in [0.1, 0.15) is 0 Å². The van der Waals surface area contributed by atoms with Crippen LogP contribution < -0.4 is 4.90 Å². The van der Waals surface area contributed by atoms with Crippen molar-refractivity contribution in [2.45, 2.75) is 88.9 Å². The highest BCUT2D eigenvalue weighted by Gasteiger charge is 2.40.